The molecule has 4 N–H and O–H groups in total. The maximum Gasteiger partial charge on any atom is 0.488 e. The van der Waals surface area contributed by atoms with E-state index in [-0.39, 0.29) is 7.48 Å². The number of imidazole rings is 1. The molecule has 23 heavy (non-hydrogen) atoms. The van der Waals surface area contributed by atoms with Crippen LogP contribution in [0.5, 0.6) is 0 Å². The van der Waals surface area contributed by atoms with Gasteiger partial charge in [-0.25, -0.2) is 4.98 Å². The Hall–Kier alpha value is -2.54. The van der Waals surface area contributed by atoms with Crippen molar-refractivity contribution < 1.29 is 15.1 Å². The van der Waals surface area contributed by atoms with E-state index in [1.54, 1.807) is 18.3 Å². The molecule has 1 aromatic carbocycles. The summed E-state index contributed by atoms with van der Waals surface area (Å²) in [5.41, 5.74) is 3.23. The van der Waals surface area contributed by atoms with Gasteiger partial charge < -0.3 is 24.5 Å². The minimum absolute atomic E-state index is 0.0775. The third-order valence-electron chi connectivity index (χ3n) is 3.51. The van der Waals surface area contributed by atoms with Crippen LogP contribution in [0.15, 0.2) is 61.2 Å². The van der Waals surface area contributed by atoms with Crippen molar-refractivity contribution in [2.75, 3.05) is 0 Å². The second-order valence-electron chi connectivity index (χ2n) is 5.09. The van der Waals surface area contributed by atoms with Crippen molar-refractivity contribution in [1.82, 2.24) is 14.4 Å². The molecule has 0 aliphatic heterocycles. The number of pyridine rings is 1. The predicted molar refractivity (Wildman–Crippen MR) is 92.3 cm³/mol. The molecule has 0 fully saturated rings. The molecular weight excluding hydrogens is 292 g/mol. The summed E-state index contributed by atoms with van der Waals surface area (Å²) < 4.78 is 1.88. The molecule has 114 valence electrons. The smallest absolute Gasteiger partial charge is 0.449 e. The summed E-state index contributed by atoms with van der Waals surface area (Å²) in [5.74, 6) is 0. The minimum Gasteiger partial charge on any atom is -0.449 e. The van der Waals surface area contributed by atoms with Crippen molar-refractivity contribution in [3.63, 3.8) is 0 Å². The number of hydrogen-bond acceptors (Lipinski definition) is 4. The van der Waals surface area contributed by atoms with Crippen LogP contribution in [0.3, 0.4) is 0 Å². The summed E-state index contributed by atoms with van der Waals surface area (Å²) in [6, 6.07) is 10.9. The number of hydrogen-bond donors (Lipinski definition) is 4. The van der Waals surface area contributed by atoms with Crippen LogP contribution < -0.4 is 10.9 Å². The maximum atomic E-state index is 8.86. The standard InChI is InChI=1S/C8H8BNO2.C7H7BN2O/c11-9(12)7-2-1-6-3-4-10-8(6)5-7;11-8-6-1-2-7-9-3-4-10(7)5-6/h1-5,10-12H;1-5,8,11H. The van der Waals surface area contributed by atoms with Gasteiger partial charge in [-0.15, -0.1) is 0 Å². The van der Waals surface area contributed by atoms with E-state index < -0.39 is 7.12 Å². The van der Waals surface area contributed by atoms with Crippen LogP contribution in [-0.2, 0) is 0 Å². The van der Waals surface area contributed by atoms with Crippen LogP contribution in [0.4, 0.5) is 0 Å². The van der Waals surface area contributed by atoms with Gasteiger partial charge in [0.1, 0.15) is 5.65 Å². The van der Waals surface area contributed by atoms with Crippen LogP contribution in [-0.4, -0.2) is 44.0 Å². The highest BCUT2D eigenvalue weighted by Gasteiger charge is 2.10. The molecule has 0 saturated heterocycles. The highest BCUT2D eigenvalue weighted by atomic mass is 16.4. The van der Waals surface area contributed by atoms with Crippen molar-refractivity contribution in [3.8, 4) is 0 Å². The third-order valence-corrected chi connectivity index (χ3v) is 3.51. The van der Waals surface area contributed by atoms with E-state index in [1.165, 1.54) is 0 Å². The average Bonchev–Trinajstić information content (AvgIpc) is 3.22. The number of benzene rings is 1. The molecule has 0 saturated carbocycles. The predicted octanol–water partition coefficient (Wildman–Crippen LogP) is -0.849. The van der Waals surface area contributed by atoms with Crippen molar-refractivity contribution in [2.45, 2.75) is 0 Å². The molecule has 3 aromatic heterocycles. The Morgan fingerprint density at radius 1 is 1.13 bits per heavy atom. The fourth-order valence-electron chi connectivity index (χ4n) is 2.29. The quantitative estimate of drug-likeness (QED) is 0.363. The monoisotopic (exact) mass is 307 g/mol. The molecule has 0 bridgehead atoms. The van der Waals surface area contributed by atoms with E-state index in [9.17, 15) is 0 Å². The topological polar surface area (TPSA) is 93.8 Å². The lowest BCUT2D eigenvalue weighted by molar-refractivity contribution is 0.426. The van der Waals surface area contributed by atoms with E-state index in [0.717, 1.165) is 22.0 Å². The van der Waals surface area contributed by atoms with Crippen LogP contribution in [0.25, 0.3) is 16.6 Å². The zero-order valence-electron chi connectivity index (χ0n) is 12.3. The maximum absolute atomic E-state index is 8.86. The van der Waals surface area contributed by atoms with E-state index in [1.807, 2.05) is 47.3 Å². The van der Waals surface area contributed by atoms with Gasteiger partial charge in [-0.05, 0) is 34.5 Å². The summed E-state index contributed by atoms with van der Waals surface area (Å²) in [6.07, 6.45) is 7.27. The molecule has 4 rings (SSSR count). The first kappa shape index (κ1) is 15.4. The van der Waals surface area contributed by atoms with Gasteiger partial charge in [0.05, 0.1) is 0 Å². The number of aromatic amines is 1. The Morgan fingerprint density at radius 2 is 2.00 bits per heavy atom. The number of rotatable bonds is 2. The van der Waals surface area contributed by atoms with Gasteiger partial charge in [-0.2, -0.15) is 0 Å². The van der Waals surface area contributed by atoms with E-state index in [4.69, 9.17) is 15.1 Å². The molecule has 8 heteroatoms. The van der Waals surface area contributed by atoms with Gasteiger partial charge in [0, 0.05) is 30.3 Å². The van der Waals surface area contributed by atoms with E-state index in [0.29, 0.717) is 5.46 Å². The Bertz CT molecular complexity index is 920. The summed E-state index contributed by atoms with van der Waals surface area (Å²) in [6.45, 7) is 0. The summed E-state index contributed by atoms with van der Waals surface area (Å²) in [5, 5.41) is 27.6. The van der Waals surface area contributed by atoms with Gasteiger partial charge in [-0.3, -0.25) is 0 Å². The van der Waals surface area contributed by atoms with E-state index in [2.05, 4.69) is 9.97 Å². The van der Waals surface area contributed by atoms with Crippen molar-refractivity contribution in [1.29, 1.82) is 0 Å². The molecule has 0 radical (unpaired) electrons. The highest BCUT2D eigenvalue weighted by Crippen LogP contribution is 2.08. The molecule has 0 unspecified atom stereocenters. The van der Waals surface area contributed by atoms with Gasteiger partial charge >= 0.3 is 14.6 Å². The Morgan fingerprint density at radius 3 is 2.78 bits per heavy atom. The molecule has 0 atom stereocenters. The van der Waals surface area contributed by atoms with Crippen molar-refractivity contribution >= 4 is 42.1 Å². The zero-order valence-corrected chi connectivity index (χ0v) is 12.3. The van der Waals surface area contributed by atoms with Crippen LogP contribution in [0.2, 0.25) is 0 Å². The van der Waals surface area contributed by atoms with Gasteiger partial charge in [-0.1, -0.05) is 18.2 Å². The van der Waals surface area contributed by atoms with Crippen LogP contribution >= 0.6 is 0 Å². The summed E-state index contributed by atoms with van der Waals surface area (Å²) >= 11 is 0. The normalized spacial score (nSPS) is 10.4. The summed E-state index contributed by atoms with van der Waals surface area (Å²) in [4.78, 5) is 7.07. The molecule has 6 nitrogen and oxygen atoms in total. The number of nitrogens with zero attached hydrogens (tertiary/aromatic N) is 2. The Kier molecular flexibility index (Phi) is 4.47. The first-order chi connectivity index (χ1) is 11.2. The van der Waals surface area contributed by atoms with Crippen molar-refractivity contribution in [2.24, 2.45) is 0 Å². The van der Waals surface area contributed by atoms with Gasteiger partial charge in [0.2, 0.25) is 0 Å². The van der Waals surface area contributed by atoms with Crippen LogP contribution in [0.1, 0.15) is 0 Å². The number of nitrogens with one attached hydrogen (secondary N) is 1. The Labute approximate surface area is 133 Å². The second kappa shape index (κ2) is 6.70. The number of aromatic nitrogens is 3. The third kappa shape index (κ3) is 3.45. The fourth-order valence-corrected chi connectivity index (χ4v) is 2.29. The van der Waals surface area contributed by atoms with Gasteiger partial charge in [0.15, 0.2) is 0 Å². The molecular formula is C15H15B2N3O3. The first-order valence-corrected chi connectivity index (χ1v) is 7.13. The highest BCUT2D eigenvalue weighted by molar-refractivity contribution is 6.58. The Balaban J connectivity index is 0.000000136. The molecule has 4 aromatic rings. The lowest BCUT2D eigenvalue weighted by Gasteiger charge is -1.97. The van der Waals surface area contributed by atoms with E-state index >= 15 is 0 Å². The SMILES string of the molecule is OB(O)c1ccc2cc[nH]c2c1.OBc1ccc2nccn2c1. The lowest BCUT2D eigenvalue weighted by atomic mass is 9.80. The zero-order chi connectivity index (χ0) is 16.2. The molecule has 0 aliphatic carbocycles. The second-order valence-corrected chi connectivity index (χ2v) is 5.09. The van der Waals surface area contributed by atoms with Gasteiger partial charge in [0.25, 0.3) is 0 Å². The number of fused-ring (bicyclic) bond motifs is 2. The molecule has 0 amide bonds. The minimum atomic E-state index is -1.39. The lowest BCUT2D eigenvalue weighted by Crippen LogP contribution is -2.29. The fraction of sp³-hybridized carbons (Fsp3) is 0. The van der Waals surface area contributed by atoms with Crippen LogP contribution in [0, 0.1) is 0 Å². The summed E-state index contributed by atoms with van der Waals surface area (Å²) in [7, 11) is -1.31. The molecule has 0 spiro atoms. The molecule has 0 aliphatic rings. The van der Waals surface area contributed by atoms with Crippen molar-refractivity contribution in [3.05, 3.63) is 61.2 Å². The average molecular weight is 307 g/mol. The number of H-pyrrole nitrogens is 1. The molecule has 3 heterocycles. The largest absolute Gasteiger partial charge is 0.488 e. The first-order valence-electron chi connectivity index (χ1n) is 7.13.